The number of benzene rings is 2. The first-order valence-corrected chi connectivity index (χ1v) is 16.3. The number of nitrogens with zero attached hydrogens (tertiary/aromatic N) is 5. The van der Waals surface area contributed by atoms with Gasteiger partial charge in [0, 0.05) is 18.3 Å². The highest BCUT2D eigenvalue weighted by Gasteiger charge is 2.37. The van der Waals surface area contributed by atoms with E-state index >= 15 is 0 Å². The van der Waals surface area contributed by atoms with E-state index in [9.17, 15) is 16.8 Å². The molecule has 0 saturated heterocycles. The van der Waals surface area contributed by atoms with Crippen LogP contribution < -0.4 is 9.86 Å². The molecule has 3 aromatic heterocycles. The first-order chi connectivity index (χ1) is 19.0. The summed E-state index contributed by atoms with van der Waals surface area (Å²) in [4.78, 5) is 4.63. The Morgan fingerprint density at radius 1 is 1.05 bits per heavy atom. The molecule has 0 radical (unpaired) electrons. The van der Waals surface area contributed by atoms with Crippen LogP contribution in [0.1, 0.15) is 41.4 Å². The fourth-order valence-electron chi connectivity index (χ4n) is 4.13. The Kier molecular flexibility index (Phi) is 7.83. The van der Waals surface area contributed by atoms with E-state index in [1.165, 1.54) is 11.3 Å². The van der Waals surface area contributed by atoms with Crippen LogP contribution in [-0.2, 0) is 38.9 Å². The molecule has 0 aliphatic heterocycles. The summed E-state index contributed by atoms with van der Waals surface area (Å²) in [5.41, 5.74) is 3.07. The molecule has 0 spiro atoms. The van der Waals surface area contributed by atoms with Crippen molar-refractivity contribution in [1.29, 1.82) is 0 Å². The highest BCUT2D eigenvalue weighted by Crippen LogP contribution is 2.38. The van der Waals surface area contributed by atoms with Gasteiger partial charge < -0.3 is 4.42 Å². The van der Waals surface area contributed by atoms with Crippen LogP contribution in [0.5, 0.6) is 0 Å². The summed E-state index contributed by atoms with van der Waals surface area (Å²) in [5.74, 6) is -0.182. The van der Waals surface area contributed by atoms with Crippen molar-refractivity contribution in [3.05, 3.63) is 83.3 Å². The first-order valence-electron chi connectivity index (χ1n) is 12.3. The summed E-state index contributed by atoms with van der Waals surface area (Å²) >= 11 is 1.21. The van der Waals surface area contributed by atoms with Crippen LogP contribution in [0, 0.1) is 5.92 Å². The number of thiazole rings is 1. The number of hydrogen-bond acceptors (Lipinski definition) is 10. The second kappa shape index (κ2) is 11.2. The summed E-state index contributed by atoms with van der Waals surface area (Å²) in [7, 11) is -7.97. The number of nitrogens with two attached hydrogens (primary N) is 1. The smallest absolute Gasteiger partial charge is 0.274 e. The zero-order valence-electron chi connectivity index (χ0n) is 21.6. The van der Waals surface area contributed by atoms with Crippen LogP contribution in [0.3, 0.4) is 0 Å². The molecule has 3 heterocycles. The maximum Gasteiger partial charge on any atom is 0.274 e. The normalized spacial score (nSPS) is 13.3. The molecule has 1 atom stereocenters. The Bertz CT molecular complexity index is 1850. The molecule has 0 bridgehead atoms. The Balaban J connectivity index is 1.52. The molecule has 0 aliphatic rings. The molecule has 0 fully saturated rings. The number of aromatic nitrogens is 5. The van der Waals surface area contributed by atoms with Crippen molar-refractivity contribution in [2.45, 2.75) is 37.9 Å². The lowest BCUT2D eigenvalue weighted by molar-refractivity contribution is 0.443. The minimum absolute atomic E-state index is 0.134. The van der Waals surface area contributed by atoms with Gasteiger partial charge in [0.15, 0.2) is 15.1 Å². The van der Waals surface area contributed by atoms with Gasteiger partial charge in [0.25, 0.3) is 10.2 Å². The molecule has 0 aliphatic carbocycles. The van der Waals surface area contributed by atoms with Crippen LogP contribution in [0.25, 0.3) is 21.3 Å². The lowest BCUT2D eigenvalue weighted by Gasteiger charge is -2.12. The van der Waals surface area contributed by atoms with E-state index < -0.39 is 25.3 Å². The molecule has 5 aromatic rings. The molecule has 0 saturated carbocycles. The predicted octanol–water partition coefficient (Wildman–Crippen LogP) is 3.20. The van der Waals surface area contributed by atoms with Gasteiger partial charge >= 0.3 is 0 Å². The van der Waals surface area contributed by atoms with Crippen LogP contribution >= 0.6 is 11.3 Å². The van der Waals surface area contributed by atoms with Crippen molar-refractivity contribution in [1.82, 2.24) is 29.7 Å². The van der Waals surface area contributed by atoms with Crippen molar-refractivity contribution in [2.75, 3.05) is 0 Å². The Morgan fingerprint density at radius 2 is 1.82 bits per heavy atom. The zero-order valence-corrected chi connectivity index (χ0v) is 24.1. The third-order valence-corrected chi connectivity index (χ3v) is 9.51. The van der Waals surface area contributed by atoms with E-state index in [0.717, 1.165) is 22.4 Å². The van der Waals surface area contributed by atoms with Gasteiger partial charge in [0.1, 0.15) is 5.01 Å². The quantitative estimate of drug-likeness (QED) is 0.230. The second-order valence-corrected chi connectivity index (χ2v) is 14.2. The van der Waals surface area contributed by atoms with Crippen LogP contribution in [0.15, 0.2) is 65.3 Å². The van der Waals surface area contributed by atoms with Crippen molar-refractivity contribution in [2.24, 2.45) is 11.1 Å². The maximum absolute atomic E-state index is 13.8. The summed E-state index contributed by atoms with van der Waals surface area (Å²) in [6.07, 6.45) is 3.78. The Hall–Kier alpha value is -3.50. The average molecular weight is 602 g/mol. The summed E-state index contributed by atoms with van der Waals surface area (Å²) < 4.78 is 60.4. The van der Waals surface area contributed by atoms with Gasteiger partial charge in [0.05, 0.1) is 28.7 Å². The van der Waals surface area contributed by atoms with Crippen molar-refractivity contribution >= 4 is 41.6 Å². The van der Waals surface area contributed by atoms with Gasteiger partial charge in [-0.05, 0) is 29.2 Å². The molecule has 15 heteroatoms. The first kappa shape index (κ1) is 28.0. The van der Waals surface area contributed by atoms with Crippen LogP contribution in [-0.4, -0.2) is 41.8 Å². The van der Waals surface area contributed by atoms with Gasteiger partial charge in [-0.15, -0.1) is 21.5 Å². The summed E-state index contributed by atoms with van der Waals surface area (Å²) in [6.45, 7) is 4.66. The molecule has 0 amide bonds. The van der Waals surface area contributed by atoms with E-state index in [-0.39, 0.29) is 29.1 Å². The topological polar surface area (TPSA) is 176 Å². The van der Waals surface area contributed by atoms with Gasteiger partial charge in [-0.1, -0.05) is 50.2 Å². The molecule has 5 rings (SSSR count). The molecule has 3 N–H and O–H groups in total. The predicted molar refractivity (Wildman–Crippen MR) is 151 cm³/mol. The number of hydrogen-bond donors (Lipinski definition) is 2. The van der Waals surface area contributed by atoms with E-state index in [1.807, 2.05) is 33.8 Å². The fraction of sp³-hybridized carbons (Fsp3) is 0.280. The van der Waals surface area contributed by atoms with Gasteiger partial charge in [-0.2, -0.15) is 18.2 Å². The molecule has 210 valence electrons. The molecule has 40 heavy (non-hydrogen) atoms. The van der Waals surface area contributed by atoms with E-state index in [0.29, 0.717) is 17.0 Å². The third kappa shape index (κ3) is 6.62. The largest absolute Gasteiger partial charge is 0.422 e. The highest BCUT2D eigenvalue weighted by molar-refractivity contribution is 7.91. The molecule has 1 unspecified atom stereocenters. The third-order valence-electron chi connectivity index (χ3n) is 5.85. The lowest BCUT2D eigenvalue weighted by atomic mass is 10.1. The number of rotatable bonds is 11. The second-order valence-electron chi connectivity index (χ2n) is 9.65. The minimum Gasteiger partial charge on any atom is -0.422 e. The standard InChI is InChI=1S/C25H27N7O5S3/c1-16(2)13-32-14-19(11-27-32)18-8-9-20-21(10-18)38-25(29-20)23(39(33,34)15-17-6-4-3-5-7-17)24-31-30-22(37-24)12-28-40(26,35)36/h3-11,14,16,23,28H,12-13,15H2,1-2H3,(H2,26,35,36). The lowest BCUT2D eigenvalue weighted by Crippen LogP contribution is -2.30. The van der Waals surface area contributed by atoms with Gasteiger partial charge in [-0.25, -0.2) is 18.5 Å². The van der Waals surface area contributed by atoms with Crippen molar-refractivity contribution in [3.8, 4) is 11.1 Å². The molecular formula is C25H27N7O5S3. The van der Waals surface area contributed by atoms with E-state index in [4.69, 9.17) is 9.56 Å². The Morgan fingerprint density at radius 3 is 2.55 bits per heavy atom. The summed E-state index contributed by atoms with van der Waals surface area (Å²) in [5, 5.41) is 16.1. The van der Waals surface area contributed by atoms with E-state index in [2.05, 4.69) is 34.1 Å². The monoisotopic (exact) mass is 601 g/mol. The SMILES string of the molecule is CC(C)Cn1cc(-c2ccc3nc(C(c4nnc(CNS(N)(=O)=O)o4)S(=O)(=O)Cc4ccccc4)sc3c2)cn1. The van der Waals surface area contributed by atoms with Crippen molar-refractivity contribution in [3.63, 3.8) is 0 Å². The highest BCUT2D eigenvalue weighted by atomic mass is 32.2. The zero-order chi connectivity index (χ0) is 28.5. The molecule has 12 nitrogen and oxygen atoms in total. The summed E-state index contributed by atoms with van der Waals surface area (Å²) in [6, 6.07) is 14.4. The molecular weight excluding hydrogens is 575 g/mol. The molecule has 2 aromatic carbocycles. The van der Waals surface area contributed by atoms with Crippen molar-refractivity contribution < 1.29 is 21.3 Å². The maximum atomic E-state index is 13.8. The fourth-order valence-corrected chi connectivity index (χ4v) is 7.61. The Labute approximate surface area is 235 Å². The van der Waals surface area contributed by atoms with E-state index in [1.54, 1.807) is 36.5 Å². The number of sulfone groups is 1. The van der Waals surface area contributed by atoms with Crippen LogP contribution in [0.2, 0.25) is 0 Å². The van der Waals surface area contributed by atoms with Crippen LogP contribution in [0.4, 0.5) is 0 Å². The average Bonchev–Trinajstić information content (AvgIpc) is 3.62. The van der Waals surface area contributed by atoms with Gasteiger partial charge in [-0.3, -0.25) is 4.68 Å². The number of fused-ring (bicyclic) bond motifs is 1. The number of nitrogens with one attached hydrogen (secondary N) is 1. The minimum atomic E-state index is -4.02. The van der Waals surface area contributed by atoms with Gasteiger partial charge in [0.2, 0.25) is 11.8 Å².